The minimum absolute atomic E-state index is 0.115. The largest absolute Gasteiger partial charge is 0.478 e. The van der Waals surface area contributed by atoms with E-state index in [0.717, 1.165) is 12.8 Å². The van der Waals surface area contributed by atoms with Crippen LogP contribution in [0.1, 0.15) is 35.2 Å². The molecular formula is C15H19NO5. The summed E-state index contributed by atoms with van der Waals surface area (Å²) in [5.74, 6) is -1.28. The Labute approximate surface area is 123 Å². The first-order valence-corrected chi connectivity index (χ1v) is 6.89. The maximum absolute atomic E-state index is 12.1. The Morgan fingerprint density at radius 1 is 1.38 bits per heavy atom. The summed E-state index contributed by atoms with van der Waals surface area (Å²) in [4.78, 5) is 23.2. The van der Waals surface area contributed by atoms with Gasteiger partial charge in [-0.05, 0) is 43.0 Å². The molecule has 21 heavy (non-hydrogen) atoms. The van der Waals surface area contributed by atoms with Crippen molar-refractivity contribution in [3.8, 4) is 0 Å². The first-order chi connectivity index (χ1) is 10.1. The molecule has 0 aromatic heterocycles. The number of carbonyl (C=O) groups is 2. The summed E-state index contributed by atoms with van der Waals surface area (Å²) in [6.45, 7) is 0.867. The number of anilines is 1. The first-order valence-electron chi connectivity index (χ1n) is 6.89. The molecule has 1 amide bonds. The second-order valence-electron chi connectivity index (χ2n) is 5.00. The van der Waals surface area contributed by atoms with Crippen LogP contribution < -0.4 is 5.32 Å². The van der Waals surface area contributed by atoms with Gasteiger partial charge in [0.05, 0.1) is 12.2 Å². The van der Waals surface area contributed by atoms with Crippen LogP contribution in [0.4, 0.5) is 5.69 Å². The van der Waals surface area contributed by atoms with E-state index in [9.17, 15) is 9.59 Å². The molecule has 1 aliphatic heterocycles. The lowest BCUT2D eigenvalue weighted by molar-refractivity contribution is -0.129. The van der Waals surface area contributed by atoms with Crippen LogP contribution >= 0.6 is 0 Å². The highest BCUT2D eigenvalue weighted by Crippen LogP contribution is 2.19. The van der Waals surface area contributed by atoms with Crippen molar-refractivity contribution in [2.24, 2.45) is 0 Å². The number of carboxylic acid groups (broad SMARTS) is 1. The summed E-state index contributed by atoms with van der Waals surface area (Å²) < 4.78 is 10.4. The zero-order valence-corrected chi connectivity index (χ0v) is 11.9. The molecule has 1 saturated heterocycles. The quantitative estimate of drug-likeness (QED) is 0.867. The van der Waals surface area contributed by atoms with Crippen LogP contribution in [0.3, 0.4) is 0 Å². The summed E-state index contributed by atoms with van der Waals surface area (Å²) in [5, 5.41) is 11.8. The minimum atomic E-state index is -1.04. The second kappa shape index (κ2) is 7.19. The van der Waals surface area contributed by atoms with E-state index < -0.39 is 12.1 Å². The van der Waals surface area contributed by atoms with E-state index >= 15 is 0 Å². The van der Waals surface area contributed by atoms with Gasteiger partial charge in [-0.25, -0.2) is 4.79 Å². The van der Waals surface area contributed by atoms with Crippen LogP contribution in [0.25, 0.3) is 0 Å². The van der Waals surface area contributed by atoms with Crippen LogP contribution in [-0.4, -0.2) is 36.8 Å². The third-order valence-electron chi connectivity index (χ3n) is 3.29. The number of amides is 1. The highest BCUT2D eigenvalue weighted by molar-refractivity contribution is 5.96. The fourth-order valence-electron chi connectivity index (χ4n) is 2.31. The highest BCUT2D eigenvalue weighted by Gasteiger charge is 2.22. The maximum Gasteiger partial charge on any atom is 0.335 e. The van der Waals surface area contributed by atoms with E-state index in [1.165, 1.54) is 19.2 Å². The maximum atomic E-state index is 12.1. The molecule has 2 rings (SSSR count). The Morgan fingerprint density at radius 3 is 2.81 bits per heavy atom. The summed E-state index contributed by atoms with van der Waals surface area (Å²) in [6.07, 6.45) is 2.16. The van der Waals surface area contributed by atoms with Gasteiger partial charge in [0, 0.05) is 19.4 Å². The third kappa shape index (κ3) is 4.27. The molecule has 0 bridgehead atoms. The predicted molar refractivity (Wildman–Crippen MR) is 76.3 cm³/mol. The monoisotopic (exact) mass is 293 g/mol. The van der Waals surface area contributed by atoms with Crippen LogP contribution in [0.5, 0.6) is 0 Å². The van der Waals surface area contributed by atoms with E-state index in [0.29, 0.717) is 24.3 Å². The van der Waals surface area contributed by atoms with Gasteiger partial charge in [0.2, 0.25) is 0 Å². The predicted octanol–water partition coefficient (Wildman–Crippen LogP) is 2.04. The van der Waals surface area contributed by atoms with Crippen molar-refractivity contribution in [1.29, 1.82) is 0 Å². The number of hydrogen-bond acceptors (Lipinski definition) is 4. The zero-order chi connectivity index (χ0) is 15.2. The molecule has 114 valence electrons. The van der Waals surface area contributed by atoms with Gasteiger partial charge in [-0.1, -0.05) is 0 Å². The lowest BCUT2D eigenvalue weighted by Gasteiger charge is -2.21. The van der Waals surface area contributed by atoms with Crippen LogP contribution in [0, 0.1) is 0 Å². The van der Waals surface area contributed by atoms with Gasteiger partial charge in [0.1, 0.15) is 6.10 Å². The van der Waals surface area contributed by atoms with E-state index in [4.69, 9.17) is 14.6 Å². The molecule has 1 aromatic rings. The van der Waals surface area contributed by atoms with Gasteiger partial charge in [-0.3, -0.25) is 4.79 Å². The molecular weight excluding hydrogens is 274 g/mol. The van der Waals surface area contributed by atoms with Gasteiger partial charge in [-0.15, -0.1) is 0 Å². The second-order valence-corrected chi connectivity index (χ2v) is 5.00. The Morgan fingerprint density at radius 2 is 2.19 bits per heavy atom. The average Bonchev–Trinajstić information content (AvgIpc) is 2.48. The van der Waals surface area contributed by atoms with Crippen molar-refractivity contribution in [3.05, 3.63) is 29.3 Å². The van der Waals surface area contributed by atoms with Crippen molar-refractivity contribution in [1.82, 2.24) is 0 Å². The molecule has 1 aliphatic rings. The van der Waals surface area contributed by atoms with E-state index in [1.807, 2.05) is 0 Å². The molecule has 1 atom stereocenters. The van der Waals surface area contributed by atoms with Crippen molar-refractivity contribution in [2.75, 3.05) is 19.0 Å². The van der Waals surface area contributed by atoms with Crippen molar-refractivity contribution < 1.29 is 24.2 Å². The Hall–Kier alpha value is -1.92. The molecule has 0 aliphatic carbocycles. The number of rotatable bonds is 5. The summed E-state index contributed by atoms with van der Waals surface area (Å²) in [6, 6.07) is 4.66. The highest BCUT2D eigenvalue weighted by atomic mass is 16.5. The Bertz CT molecular complexity index is 523. The fraction of sp³-hybridized carbons (Fsp3) is 0.467. The SMILES string of the molecule is COCc1cc(NC(=O)C2CCCCO2)cc(C(=O)O)c1. The molecule has 0 radical (unpaired) electrons. The van der Waals surface area contributed by atoms with E-state index in [2.05, 4.69) is 5.32 Å². The Balaban J connectivity index is 2.13. The van der Waals surface area contributed by atoms with Crippen molar-refractivity contribution in [3.63, 3.8) is 0 Å². The summed E-state index contributed by atoms with van der Waals surface area (Å²) in [5.41, 5.74) is 1.25. The number of carboxylic acids is 1. The lowest BCUT2D eigenvalue weighted by atomic mass is 10.1. The number of nitrogens with one attached hydrogen (secondary N) is 1. The van der Waals surface area contributed by atoms with Crippen molar-refractivity contribution >= 4 is 17.6 Å². The number of carbonyl (C=O) groups excluding carboxylic acids is 1. The zero-order valence-electron chi connectivity index (χ0n) is 11.9. The van der Waals surface area contributed by atoms with Crippen LogP contribution in [-0.2, 0) is 20.9 Å². The number of methoxy groups -OCH3 is 1. The first kappa shape index (κ1) is 15.5. The molecule has 0 saturated carbocycles. The minimum Gasteiger partial charge on any atom is -0.478 e. The average molecular weight is 293 g/mol. The van der Waals surface area contributed by atoms with Gasteiger partial charge >= 0.3 is 5.97 Å². The molecule has 2 N–H and O–H groups in total. The number of aromatic carboxylic acids is 1. The van der Waals surface area contributed by atoms with E-state index in [1.54, 1.807) is 6.07 Å². The van der Waals surface area contributed by atoms with Crippen LogP contribution in [0.15, 0.2) is 18.2 Å². The van der Waals surface area contributed by atoms with Crippen LogP contribution in [0.2, 0.25) is 0 Å². The standard InChI is InChI=1S/C15H19NO5/c1-20-9-10-6-11(15(18)19)8-12(7-10)16-14(17)13-4-2-3-5-21-13/h6-8,13H,2-5,9H2,1H3,(H,16,17)(H,18,19). The summed E-state index contributed by atoms with van der Waals surface area (Å²) >= 11 is 0. The van der Waals surface area contributed by atoms with Crippen molar-refractivity contribution in [2.45, 2.75) is 32.0 Å². The van der Waals surface area contributed by atoms with Gasteiger partial charge in [0.25, 0.3) is 5.91 Å². The normalized spacial score (nSPS) is 18.2. The fourth-order valence-corrected chi connectivity index (χ4v) is 2.31. The van der Waals surface area contributed by atoms with Gasteiger partial charge < -0.3 is 19.9 Å². The third-order valence-corrected chi connectivity index (χ3v) is 3.29. The molecule has 0 spiro atoms. The molecule has 1 unspecified atom stereocenters. The molecule has 1 heterocycles. The molecule has 6 heteroatoms. The number of benzene rings is 1. The molecule has 6 nitrogen and oxygen atoms in total. The van der Waals surface area contributed by atoms with Gasteiger partial charge in [0.15, 0.2) is 0 Å². The molecule has 1 aromatic carbocycles. The van der Waals surface area contributed by atoms with E-state index in [-0.39, 0.29) is 18.1 Å². The number of ether oxygens (including phenoxy) is 2. The summed E-state index contributed by atoms with van der Waals surface area (Å²) in [7, 11) is 1.53. The smallest absolute Gasteiger partial charge is 0.335 e. The lowest BCUT2D eigenvalue weighted by Crippen LogP contribution is -2.33. The molecule has 1 fully saturated rings. The van der Waals surface area contributed by atoms with Gasteiger partial charge in [-0.2, -0.15) is 0 Å². The number of hydrogen-bond donors (Lipinski definition) is 2. The Kier molecular flexibility index (Phi) is 5.30. The topological polar surface area (TPSA) is 84.9 Å².